The number of aryl methyl sites for hydroxylation is 1. The van der Waals surface area contributed by atoms with Crippen LogP contribution in [-0.4, -0.2) is 40.9 Å². The lowest BCUT2D eigenvalue weighted by Gasteiger charge is -2.26. The van der Waals surface area contributed by atoms with Gasteiger partial charge < -0.3 is 11.1 Å². The second kappa shape index (κ2) is 5.06. The molecule has 0 unspecified atom stereocenters. The fraction of sp³-hybridized carbons (Fsp3) is 0.750. The zero-order valence-electron chi connectivity index (χ0n) is 11.0. The fourth-order valence-electron chi connectivity index (χ4n) is 2.49. The number of nitrogens with zero attached hydrogens (tertiary/aromatic N) is 3. The zero-order chi connectivity index (χ0) is 12.4. The first kappa shape index (κ1) is 12.4. The Kier molecular flexibility index (Phi) is 3.69. The molecule has 0 amide bonds. The summed E-state index contributed by atoms with van der Waals surface area (Å²) in [5.41, 5.74) is 9.25. The number of nitrogens with one attached hydrogen (secondary N) is 1. The molecule has 5 nitrogen and oxygen atoms in total. The molecule has 0 aliphatic carbocycles. The van der Waals surface area contributed by atoms with Crippen molar-refractivity contribution >= 4 is 5.69 Å². The van der Waals surface area contributed by atoms with Gasteiger partial charge in [-0.3, -0.25) is 9.58 Å². The lowest BCUT2D eigenvalue weighted by atomic mass is 10.1. The van der Waals surface area contributed by atoms with E-state index < -0.39 is 0 Å². The van der Waals surface area contributed by atoms with Crippen molar-refractivity contribution in [2.75, 3.05) is 31.9 Å². The molecular weight excluding hydrogens is 214 g/mol. The maximum atomic E-state index is 6.20. The van der Waals surface area contributed by atoms with Gasteiger partial charge in [0.05, 0.1) is 17.1 Å². The van der Waals surface area contributed by atoms with Crippen molar-refractivity contribution in [1.82, 2.24) is 20.0 Å². The number of hydrogen-bond donors (Lipinski definition) is 2. The third-order valence-electron chi connectivity index (χ3n) is 3.34. The average Bonchev–Trinajstić information content (AvgIpc) is 2.55. The molecule has 2 rings (SSSR count). The van der Waals surface area contributed by atoms with Gasteiger partial charge in [-0.05, 0) is 5.92 Å². The Bertz CT molecular complexity index is 376. The summed E-state index contributed by atoms with van der Waals surface area (Å²) in [6.45, 7) is 9.45. The third-order valence-corrected chi connectivity index (χ3v) is 3.34. The number of piperazine rings is 1. The van der Waals surface area contributed by atoms with Crippen LogP contribution in [0.4, 0.5) is 5.69 Å². The molecule has 0 spiro atoms. The molecule has 5 heteroatoms. The molecule has 17 heavy (non-hydrogen) atoms. The van der Waals surface area contributed by atoms with Gasteiger partial charge in [-0.15, -0.1) is 0 Å². The molecule has 2 heterocycles. The first-order valence-corrected chi connectivity index (χ1v) is 6.34. The van der Waals surface area contributed by atoms with Gasteiger partial charge in [-0.25, -0.2) is 0 Å². The number of anilines is 1. The predicted octanol–water partition coefficient (Wildman–Crippen LogP) is 0.531. The molecule has 1 aromatic heterocycles. The largest absolute Gasteiger partial charge is 0.396 e. The van der Waals surface area contributed by atoms with Crippen molar-refractivity contribution in [3.8, 4) is 0 Å². The first-order valence-electron chi connectivity index (χ1n) is 6.34. The smallest absolute Gasteiger partial charge is 0.0996 e. The molecule has 96 valence electrons. The van der Waals surface area contributed by atoms with E-state index in [1.54, 1.807) is 0 Å². The summed E-state index contributed by atoms with van der Waals surface area (Å²) in [6, 6.07) is 0. The number of nitrogen functional groups attached to an aromatic ring is 1. The molecule has 0 saturated carbocycles. The second-order valence-corrected chi connectivity index (χ2v) is 5.05. The van der Waals surface area contributed by atoms with E-state index >= 15 is 0 Å². The number of aromatic nitrogens is 2. The van der Waals surface area contributed by atoms with E-state index in [9.17, 15) is 0 Å². The van der Waals surface area contributed by atoms with Crippen molar-refractivity contribution in [1.29, 1.82) is 0 Å². The fourth-order valence-corrected chi connectivity index (χ4v) is 2.49. The standard InChI is InChI=1S/C12H23N5/c1-9(2)12-11(13)10(15-16(12)3)8-17-6-4-14-5-7-17/h9,14H,4-8,13H2,1-3H3. The van der Waals surface area contributed by atoms with Gasteiger partial charge in [-0.2, -0.15) is 5.10 Å². The van der Waals surface area contributed by atoms with E-state index in [-0.39, 0.29) is 0 Å². The summed E-state index contributed by atoms with van der Waals surface area (Å²) < 4.78 is 1.93. The monoisotopic (exact) mass is 237 g/mol. The first-order chi connectivity index (χ1) is 8.09. The van der Waals surface area contributed by atoms with Crippen LogP contribution >= 0.6 is 0 Å². The number of hydrogen-bond acceptors (Lipinski definition) is 4. The molecule has 1 aliphatic heterocycles. The van der Waals surface area contributed by atoms with Crippen molar-refractivity contribution in [2.45, 2.75) is 26.3 Å². The molecule has 1 saturated heterocycles. The Morgan fingerprint density at radius 3 is 2.53 bits per heavy atom. The van der Waals surface area contributed by atoms with Crippen LogP contribution in [0.3, 0.4) is 0 Å². The maximum absolute atomic E-state index is 6.20. The quantitative estimate of drug-likeness (QED) is 0.805. The Hall–Kier alpha value is -1.07. The number of nitrogens with two attached hydrogens (primary N) is 1. The zero-order valence-corrected chi connectivity index (χ0v) is 11.0. The SMILES string of the molecule is CC(C)c1c(N)c(CN2CCNCC2)nn1C. The Morgan fingerprint density at radius 1 is 1.35 bits per heavy atom. The molecule has 0 bridgehead atoms. The van der Waals surface area contributed by atoms with Gasteiger partial charge in [0.15, 0.2) is 0 Å². The summed E-state index contributed by atoms with van der Waals surface area (Å²) in [5.74, 6) is 0.421. The molecular formula is C12H23N5. The highest BCUT2D eigenvalue weighted by Crippen LogP contribution is 2.25. The van der Waals surface area contributed by atoms with E-state index in [4.69, 9.17) is 5.73 Å². The second-order valence-electron chi connectivity index (χ2n) is 5.05. The van der Waals surface area contributed by atoms with Gasteiger partial charge >= 0.3 is 0 Å². The minimum Gasteiger partial charge on any atom is -0.396 e. The van der Waals surface area contributed by atoms with Crippen molar-refractivity contribution in [2.24, 2.45) is 7.05 Å². The van der Waals surface area contributed by atoms with Gasteiger partial charge in [-0.1, -0.05) is 13.8 Å². The van der Waals surface area contributed by atoms with Crippen LogP contribution in [-0.2, 0) is 13.6 Å². The van der Waals surface area contributed by atoms with Gasteiger partial charge in [0.2, 0.25) is 0 Å². The van der Waals surface area contributed by atoms with Crippen LogP contribution in [0.1, 0.15) is 31.2 Å². The Morgan fingerprint density at radius 2 is 2.00 bits per heavy atom. The summed E-state index contributed by atoms with van der Waals surface area (Å²) in [6.07, 6.45) is 0. The van der Waals surface area contributed by atoms with Gasteiger partial charge in [0.25, 0.3) is 0 Å². The minimum atomic E-state index is 0.421. The van der Waals surface area contributed by atoms with Crippen molar-refractivity contribution < 1.29 is 0 Å². The van der Waals surface area contributed by atoms with E-state index in [1.165, 1.54) is 0 Å². The van der Waals surface area contributed by atoms with Crippen LogP contribution in [0.2, 0.25) is 0 Å². The highest BCUT2D eigenvalue weighted by molar-refractivity contribution is 5.49. The Balaban J connectivity index is 2.13. The predicted molar refractivity (Wildman–Crippen MR) is 69.9 cm³/mol. The summed E-state index contributed by atoms with van der Waals surface area (Å²) >= 11 is 0. The molecule has 1 aromatic rings. The topological polar surface area (TPSA) is 59.1 Å². The van der Waals surface area contributed by atoms with Crippen molar-refractivity contribution in [3.05, 3.63) is 11.4 Å². The lowest BCUT2D eigenvalue weighted by Crippen LogP contribution is -2.43. The lowest BCUT2D eigenvalue weighted by molar-refractivity contribution is 0.230. The van der Waals surface area contributed by atoms with E-state index in [0.717, 1.165) is 49.8 Å². The maximum Gasteiger partial charge on any atom is 0.0996 e. The molecule has 1 fully saturated rings. The normalized spacial score (nSPS) is 17.9. The van der Waals surface area contributed by atoms with Crippen LogP contribution in [0.5, 0.6) is 0 Å². The van der Waals surface area contributed by atoms with E-state index in [2.05, 4.69) is 29.2 Å². The van der Waals surface area contributed by atoms with Crippen molar-refractivity contribution in [3.63, 3.8) is 0 Å². The highest BCUT2D eigenvalue weighted by Gasteiger charge is 2.18. The molecule has 0 radical (unpaired) electrons. The van der Waals surface area contributed by atoms with Crippen LogP contribution in [0, 0.1) is 0 Å². The van der Waals surface area contributed by atoms with Gasteiger partial charge in [0.1, 0.15) is 0 Å². The number of rotatable bonds is 3. The molecule has 0 atom stereocenters. The summed E-state index contributed by atoms with van der Waals surface area (Å²) in [5, 5.41) is 7.91. The summed E-state index contributed by atoms with van der Waals surface area (Å²) in [4.78, 5) is 2.40. The Labute approximate surface area is 103 Å². The molecule has 3 N–H and O–H groups in total. The average molecular weight is 237 g/mol. The molecule has 0 aromatic carbocycles. The van der Waals surface area contributed by atoms with Gasteiger partial charge in [0, 0.05) is 39.8 Å². The van der Waals surface area contributed by atoms with Crippen LogP contribution in [0.25, 0.3) is 0 Å². The summed E-state index contributed by atoms with van der Waals surface area (Å²) in [7, 11) is 1.98. The van der Waals surface area contributed by atoms with Crippen LogP contribution in [0.15, 0.2) is 0 Å². The van der Waals surface area contributed by atoms with E-state index in [0.29, 0.717) is 5.92 Å². The minimum absolute atomic E-state index is 0.421. The molecule has 1 aliphatic rings. The van der Waals surface area contributed by atoms with Crippen LogP contribution < -0.4 is 11.1 Å². The van der Waals surface area contributed by atoms with E-state index in [1.807, 2.05) is 11.7 Å². The third kappa shape index (κ3) is 2.61. The highest BCUT2D eigenvalue weighted by atomic mass is 15.3.